The SMILES string of the molecule is CCOc1ccccc1-c1nnc(SCC(=O)N2c3ccccc3NC(=O)CC2C(F)(F)F)o1. The lowest BCUT2D eigenvalue weighted by atomic mass is 10.1. The molecule has 1 atom stereocenters. The number of hydrogen-bond donors (Lipinski definition) is 1. The number of fused-ring (bicyclic) bond motifs is 1. The van der Waals surface area contributed by atoms with Gasteiger partial charge < -0.3 is 14.5 Å². The predicted molar refractivity (Wildman–Crippen MR) is 119 cm³/mol. The van der Waals surface area contributed by atoms with Crippen molar-refractivity contribution in [3.8, 4) is 17.2 Å². The number of nitrogens with one attached hydrogen (secondary N) is 1. The van der Waals surface area contributed by atoms with E-state index in [9.17, 15) is 22.8 Å². The number of aromatic nitrogens is 2. The number of amides is 2. The molecule has 1 aliphatic rings. The van der Waals surface area contributed by atoms with Crippen LogP contribution in [0.15, 0.2) is 58.2 Å². The van der Waals surface area contributed by atoms with Gasteiger partial charge in [-0.2, -0.15) is 13.2 Å². The molecule has 2 amide bonds. The number of carbonyl (C=O) groups is 2. The third-order valence-electron chi connectivity index (χ3n) is 4.92. The van der Waals surface area contributed by atoms with Gasteiger partial charge in [0.25, 0.3) is 11.1 Å². The number of anilines is 2. The van der Waals surface area contributed by atoms with Crippen LogP contribution >= 0.6 is 11.8 Å². The van der Waals surface area contributed by atoms with Gasteiger partial charge in [-0.25, -0.2) is 0 Å². The highest BCUT2D eigenvalue weighted by atomic mass is 32.2. The fourth-order valence-corrected chi connectivity index (χ4v) is 4.11. The van der Waals surface area contributed by atoms with E-state index in [1.807, 2.05) is 6.92 Å². The standard InChI is InChI=1S/C22H19F3N4O4S/c1-2-32-16-10-6-3-7-13(16)20-27-28-21(33-20)34-12-19(31)29-15-9-5-4-8-14(15)26-18(30)11-17(29)22(23,24)25/h3-10,17H,2,11-12H2,1H3,(H,26,30). The number of ether oxygens (including phenoxy) is 1. The summed E-state index contributed by atoms with van der Waals surface area (Å²) in [5.74, 6) is -1.41. The zero-order chi connectivity index (χ0) is 24.3. The van der Waals surface area contributed by atoms with E-state index in [2.05, 4.69) is 15.5 Å². The van der Waals surface area contributed by atoms with E-state index in [1.165, 1.54) is 18.2 Å². The van der Waals surface area contributed by atoms with E-state index >= 15 is 0 Å². The van der Waals surface area contributed by atoms with Crippen LogP contribution in [0.5, 0.6) is 5.75 Å². The van der Waals surface area contributed by atoms with E-state index in [1.54, 1.807) is 30.3 Å². The quantitative estimate of drug-likeness (QED) is 0.505. The Hall–Kier alpha value is -3.54. The van der Waals surface area contributed by atoms with E-state index in [0.29, 0.717) is 22.8 Å². The number of benzene rings is 2. The summed E-state index contributed by atoms with van der Waals surface area (Å²) in [4.78, 5) is 25.7. The summed E-state index contributed by atoms with van der Waals surface area (Å²) in [6, 6.07) is 10.6. The Morgan fingerprint density at radius 2 is 1.94 bits per heavy atom. The highest BCUT2D eigenvalue weighted by Gasteiger charge is 2.49. The van der Waals surface area contributed by atoms with Crippen molar-refractivity contribution < 1.29 is 31.9 Å². The molecule has 0 aliphatic carbocycles. The number of para-hydroxylation sites is 3. The van der Waals surface area contributed by atoms with Crippen molar-refractivity contribution in [1.29, 1.82) is 0 Å². The summed E-state index contributed by atoms with van der Waals surface area (Å²) in [6.07, 6.45) is -5.72. The van der Waals surface area contributed by atoms with Crippen molar-refractivity contribution in [2.45, 2.75) is 30.8 Å². The lowest BCUT2D eigenvalue weighted by Gasteiger charge is -2.31. The van der Waals surface area contributed by atoms with Gasteiger partial charge in [-0.05, 0) is 31.2 Å². The predicted octanol–water partition coefficient (Wildman–Crippen LogP) is 4.53. The summed E-state index contributed by atoms with van der Waals surface area (Å²) in [7, 11) is 0. The second kappa shape index (κ2) is 9.75. The fraction of sp³-hybridized carbons (Fsp3) is 0.273. The number of thioether (sulfide) groups is 1. The van der Waals surface area contributed by atoms with Gasteiger partial charge in [0.1, 0.15) is 11.8 Å². The van der Waals surface area contributed by atoms with E-state index in [0.717, 1.165) is 11.8 Å². The number of halogens is 3. The van der Waals surface area contributed by atoms with Gasteiger partial charge in [-0.15, -0.1) is 10.2 Å². The minimum atomic E-state index is -4.81. The van der Waals surface area contributed by atoms with E-state index < -0.39 is 36.2 Å². The minimum Gasteiger partial charge on any atom is -0.493 e. The maximum absolute atomic E-state index is 13.8. The van der Waals surface area contributed by atoms with Crippen molar-refractivity contribution in [3.05, 3.63) is 48.5 Å². The molecule has 1 unspecified atom stereocenters. The second-order valence-corrected chi connectivity index (χ2v) is 8.11. The zero-order valence-corrected chi connectivity index (χ0v) is 18.7. The highest BCUT2D eigenvalue weighted by molar-refractivity contribution is 7.99. The number of nitrogens with zero attached hydrogens (tertiary/aromatic N) is 3. The molecule has 2 aromatic carbocycles. The van der Waals surface area contributed by atoms with Gasteiger partial charge >= 0.3 is 6.18 Å². The molecule has 2 heterocycles. The normalized spacial score (nSPS) is 15.9. The van der Waals surface area contributed by atoms with Gasteiger partial charge in [-0.1, -0.05) is 36.0 Å². The molecule has 34 heavy (non-hydrogen) atoms. The van der Waals surface area contributed by atoms with Gasteiger partial charge in [-0.3, -0.25) is 14.5 Å². The van der Waals surface area contributed by atoms with Crippen molar-refractivity contribution in [3.63, 3.8) is 0 Å². The topological polar surface area (TPSA) is 97.6 Å². The smallest absolute Gasteiger partial charge is 0.409 e. The highest BCUT2D eigenvalue weighted by Crippen LogP contribution is 2.38. The third kappa shape index (κ3) is 5.01. The summed E-state index contributed by atoms with van der Waals surface area (Å²) in [5, 5.41) is 10.3. The van der Waals surface area contributed by atoms with Crippen LogP contribution in [-0.4, -0.2) is 46.6 Å². The molecule has 178 valence electrons. The first-order valence-corrected chi connectivity index (χ1v) is 11.2. The first kappa shape index (κ1) is 23.6. The minimum absolute atomic E-state index is 0.00974. The Bertz CT molecular complexity index is 1200. The summed E-state index contributed by atoms with van der Waals surface area (Å²) in [6.45, 7) is 2.26. The molecule has 0 radical (unpaired) electrons. The Balaban J connectivity index is 1.56. The third-order valence-corrected chi connectivity index (χ3v) is 5.72. The number of hydrogen-bond acceptors (Lipinski definition) is 7. The molecule has 12 heteroatoms. The van der Waals surface area contributed by atoms with Crippen molar-refractivity contribution in [2.75, 3.05) is 22.6 Å². The van der Waals surface area contributed by atoms with Crippen LogP contribution in [0.1, 0.15) is 13.3 Å². The van der Waals surface area contributed by atoms with Crippen LogP contribution in [0.3, 0.4) is 0 Å². The lowest BCUT2D eigenvalue weighted by molar-refractivity contribution is -0.157. The average Bonchev–Trinajstić information content (AvgIpc) is 3.20. The maximum Gasteiger partial charge on any atom is 0.409 e. The van der Waals surface area contributed by atoms with E-state index in [4.69, 9.17) is 9.15 Å². The van der Waals surface area contributed by atoms with Crippen LogP contribution in [0, 0.1) is 0 Å². The van der Waals surface area contributed by atoms with Crippen molar-refractivity contribution in [2.24, 2.45) is 0 Å². The number of rotatable bonds is 6. The largest absolute Gasteiger partial charge is 0.493 e. The maximum atomic E-state index is 13.8. The molecule has 0 saturated carbocycles. The zero-order valence-electron chi connectivity index (χ0n) is 17.8. The molecule has 8 nitrogen and oxygen atoms in total. The molecular formula is C22H19F3N4O4S. The summed E-state index contributed by atoms with van der Waals surface area (Å²) < 4.78 is 52.6. The molecule has 1 N–H and O–H groups in total. The number of alkyl halides is 3. The average molecular weight is 492 g/mol. The first-order chi connectivity index (χ1) is 16.3. The monoisotopic (exact) mass is 492 g/mol. The molecule has 0 saturated heterocycles. The van der Waals surface area contributed by atoms with Crippen molar-refractivity contribution in [1.82, 2.24) is 10.2 Å². The van der Waals surface area contributed by atoms with Gasteiger partial charge in [0, 0.05) is 0 Å². The lowest BCUT2D eigenvalue weighted by Crippen LogP contribution is -2.50. The Kier molecular flexibility index (Phi) is 6.77. The molecular weight excluding hydrogens is 473 g/mol. The fourth-order valence-electron chi connectivity index (χ4n) is 3.49. The molecule has 3 aromatic rings. The van der Waals surface area contributed by atoms with Crippen LogP contribution < -0.4 is 15.0 Å². The van der Waals surface area contributed by atoms with Crippen molar-refractivity contribution >= 4 is 35.0 Å². The van der Waals surface area contributed by atoms with Crippen LogP contribution in [-0.2, 0) is 9.59 Å². The summed E-state index contributed by atoms with van der Waals surface area (Å²) in [5.41, 5.74) is 0.654. The van der Waals surface area contributed by atoms with Crippen LogP contribution in [0.4, 0.5) is 24.5 Å². The van der Waals surface area contributed by atoms with Gasteiger partial charge in [0.15, 0.2) is 0 Å². The molecule has 1 aromatic heterocycles. The molecule has 0 bridgehead atoms. The number of carbonyl (C=O) groups excluding carboxylic acids is 2. The Morgan fingerprint density at radius 1 is 1.21 bits per heavy atom. The van der Waals surface area contributed by atoms with Gasteiger partial charge in [0.05, 0.1) is 35.7 Å². The second-order valence-electron chi connectivity index (χ2n) is 7.18. The van der Waals surface area contributed by atoms with E-state index in [-0.39, 0.29) is 22.5 Å². The van der Waals surface area contributed by atoms with Crippen LogP contribution in [0.25, 0.3) is 11.5 Å². The Morgan fingerprint density at radius 3 is 2.71 bits per heavy atom. The molecule has 4 rings (SSSR count). The molecule has 0 spiro atoms. The van der Waals surface area contributed by atoms with Gasteiger partial charge in [0.2, 0.25) is 11.8 Å². The summed E-state index contributed by atoms with van der Waals surface area (Å²) >= 11 is 0.807. The van der Waals surface area contributed by atoms with Crippen LogP contribution in [0.2, 0.25) is 0 Å². The first-order valence-electron chi connectivity index (χ1n) is 10.2. The molecule has 0 fully saturated rings. The molecule has 1 aliphatic heterocycles. The Labute approximate surface area is 196 Å².